The molecule has 1 atom stereocenters. The second-order valence-electron chi connectivity index (χ2n) is 4.00. The number of nitro benzene ring substituents is 1. The van der Waals surface area contributed by atoms with Crippen LogP contribution in [0.2, 0.25) is 0 Å². The molecule has 0 aliphatic carbocycles. The highest BCUT2D eigenvalue weighted by molar-refractivity contribution is 5.75. The van der Waals surface area contributed by atoms with Gasteiger partial charge in [0.1, 0.15) is 6.04 Å². The molecule has 18 heavy (non-hydrogen) atoms. The highest BCUT2D eigenvalue weighted by atomic mass is 16.6. The molecule has 0 fully saturated rings. The number of aryl methyl sites for hydroxylation is 1. The molecule has 0 saturated carbocycles. The summed E-state index contributed by atoms with van der Waals surface area (Å²) in [4.78, 5) is 21.5. The van der Waals surface area contributed by atoms with Gasteiger partial charge in [-0.15, -0.1) is 0 Å². The lowest BCUT2D eigenvalue weighted by atomic mass is 10.1. The molecule has 0 saturated heterocycles. The molecule has 1 aromatic rings. The number of hydrogen-bond donors (Lipinski definition) is 1. The molecule has 0 aliphatic rings. The number of carbonyl (C=O) groups excluding carboxylic acids is 1. The molecular weight excluding hydrogens is 236 g/mol. The highest BCUT2D eigenvalue weighted by Crippen LogP contribution is 2.19. The van der Waals surface area contributed by atoms with E-state index in [2.05, 4.69) is 10.1 Å². The minimum atomic E-state index is -0.449. The summed E-state index contributed by atoms with van der Waals surface area (Å²) in [5, 5.41) is 13.7. The Kier molecular flexibility index (Phi) is 4.79. The topological polar surface area (TPSA) is 81.5 Å². The summed E-state index contributed by atoms with van der Waals surface area (Å²) in [6, 6.07) is 4.54. The number of hydrogen-bond acceptors (Lipinski definition) is 5. The van der Waals surface area contributed by atoms with Gasteiger partial charge in [0.15, 0.2) is 0 Å². The van der Waals surface area contributed by atoms with Crippen molar-refractivity contribution in [2.24, 2.45) is 0 Å². The largest absolute Gasteiger partial charge is 0.468 e. The Balaban J connectivity index is 2.71. The van der Waals surface area contributed by atoms with E-state index in [1.807, 2.05) is 0 Å². The normalized spacial score (nSPS) is 11.9. The van der Waals surface area contributed by atoms with Crippen LogP contribution in [0.3, 0.4) is 0 Å². The molecule has 6 nitrogen and oxygen atoms in total. The zero-order valence-electron chi connectivity index (χ0n) is 10.6. The summed E-state index contributed by atoms with van der Waals surface area (Å²) in [5.74, 6) is -0.364. The maximum Gasteiger partial charge on any atom is 0.322 e. The maximum absolute atomic E-state index is 11.2. The molecule has 0 heterocycles. The molecule has 1 aromatic carbocycles. The van der Waals surface area contributed by atoms with E-state index in [0.717, 1.165) is 5.56 Å². The summed E-state index contributed by atoms with van der Waals surface area (Å²) >= 11 is 0. The molecule has 98 valence electrons. The van der Waals surface area contributed by atoms with Crippen molar-refractivity contribution in [2.45, 2.75) is 26.4 Å². The van der Waals surface area contributed by atoms with E-state index < -0.39 is 11.0 Å². The highest BCUT2D eigenvalue weighted by Gasteiger charge is 2.14. The minimum absolute atomic E-state index is 0.0834. The van der Waals surface area contributed by atoms with Gasteiger partial charge >= 0.3 is 5.97 Å². The second kappa shape index (κ2) is 6.11. The van der Waals surface area contributed by atoms with Crippen LogP contribution in [-0.4, -0.2) is 24.0 Å². The lowest BCUT2D eigenvalue weighted by Crippen LogP contribution is -2.34. The van der Waals surface area contributed by atoms with Crippen LogP contribution in [0.25, 0.3) is 0 Å². The van der Waals surface area contributed by atoms with Gasteiger partial charge in [0, 0.05) is 18.2 Å². The number of methoxy groups -OCH3 is 1. The Morgan fingerprint density at radius 3 is 2.78 bits per heavy atom. The first-order valence-electron chi connectivity index (χ1n) is 5.51. The minimum Gasteiger partial charge on any atom is -0.468 e. The molecule has 0 radical (unpaired) electrons. The van der Waals surface area contributed by atoms with Crippen molar-refractivity contribution < 1.29 is 14.5 Å². The fraction of sp³-hybridized carbons (Fsp3) is 0.417. The third kappa shape index (κ3) is 3.53. The fourth-order valence-electron chi connectivity index (χ4n) is 1.49. The van der Waals surface area contributed by atoms with Crippen molar-refractivity contribution in [2.75, 3.05) is 7.11 Å². The fourth-order valence-corrected chi connectivity index (χ4v) is 1.49. The van der Waals surface area contributed by atoms with Crippen LogP contribution in [0.4, 0.5) is 5.69 Å². The monoisotopic (exact) mass is 252 g/mol. The van der Waals surface area contributed by atoms with Gasteiger partial charge in [0.05, 0.1) is 12.0 Å². The number of carbonyl (C=O) groups is 1. The van der Waals surface area contributed by atoms with Crippen molar-refractivity contribution in [3.05, 3.63) is 39.4 Å². The number of nitro groups is 1. The average Bonchev–Trinajstić information content (AvgIpc) is 2.36. The van der Waals surface area contributed by atoms with Gasteiger partial charge in [-0.3, -0.25) is 14.9 Å². The standard InChI is InChI=1S/C12H16N2O4/c1-8-4-5-10(6-11(8)14(16)17)7-13-9(2)12(15)18-3/h4-6,9,13H,7H2,1-3H3/t9-/m0/s1. The third-order valence-corrected chi connectivity index (χ3v) is 2.64. The predicted molar refractivity (Wildman–Crippen MR) is 66.2 cm³/mol. The van der Waals surface area contributed by atoms with Gasteiger partial charge in [-0.05, 0) is 19.4 Å². The van der Waals surface area contributed by atoms with Crippen LogP contribution in [0.15, 0.2) is 18.2 Å². The number of rotatable bonds is 5. The molecule has 1 N–H and O–H groups in total. The first-order chi connectivity index (χ1) is 8.45. The van der Waals surface area contributed by atoms with Gasteiger partial charge in [-0.25, -0.2) is 0 Å². The number of nitrogens with zero attached hydrogens (tertiary/aromatic N) is 1. The van der Waals surface area contributed by atoms with Crippen molar-refractivity contribution in [3.63, 3.8) is 0 Å². The lowest BCUT2D eigenvalue weighted by molar-refractivity contribution is -0.385. The third-order valence-electron chi connectivity index (χ3n) is 2.64. The summed E-state index contributed by atoms with van der Waals surface area (Å²) in [6.45, 7) is 3.73. The van der Waals surface area contributed by atoms with Crippen molar-refractivity contribution in [3.8, 4) is 0 Å². The lowest BCUT2D eigenvalue weighted by Gasteiger charge is -2.11. The smallest absolute Gasteiger partial charge is 0.322 e. The van der Waals surface area contributed by atoms with Crippen LogP contribution in [0.1, 0.15) is 18.1 Å². The van der Waals surface area contributed by atoms with E-state index in [1.165, 1.54) is 13.2 Å². The molecule has 0 amide bonds. The van der Waals surface area contributed by atoms with Crippen LogP contribution >= 0.6 is 0 Å². The first kappa shape index (κ1) is 14.1. The van der Waals surface area contributed by atoms with Crippen LogP contribution in [0.5, 0.6) is 0 Å². The van der Waals surface area contributed by atoms with E-state index in [0.29, 0.717) is 12.1 Å². The molecular formula is C12H16N2O4. The number of nitrogens with one attached hydrogen (secondary N) is 1. The van der Waals surface area contributed by atoms with Crippen LogP contribution in [-0.2, 0) is 16.1 Å². The molecule has 6 heteroatoms. The quantitative estimate of drug-likeness (QED) is 0.488. The van der Waals surface area contributed by atoms with Crippen molar-refractivity contribution in [1.82, 2.24) is 5.32 Å². The molecule has 1 rings (SSSR count). The molecule has 0 bridgehead atoms. The molecule has 0 unspecified atom stereocenters. The predicted octanol–water partition coefficient (Wildman–Crippen LogP) is 1.55. The van der Waals surface area contributed by atoms with Crippen molar-refractivity contribution >= 4 is 11.7 Å². The zero-order valence-corrected chi connectivity index (χ0v) is 10.6. The SMILES string of the molecule is COC(=O)[C@H](C)NCc1ccc(C)c([N+](=O)[O-])c1. The Morgan fingerprint density at radius 2 is 2.22 bits per heavy atom. The Hall–Kier alpha value is -1.95. The van der Waals surface area contributed by atoms with Crippen LogP contribution < -0.4 is 5.32 Å². The summed E-state index contributed by atoms with van der Waals surface area (Å²) < 4.78 is 4.57. The summed E-state index contributed by atoms with van der Waals surface area (Å²) in [7, 11) is 1.32. The van der Waals surface area contributed by atoms with Crippen molar-refractivity contribution in [1.29, 1.82) is 0 Å². The van der Waals surface area contributed by atoms with Gasteiger partial charge in [-0.1, -0.05) is 12.1 Å². The van der Waals surface area contributed by atoms with E-state index in [1.54, 1.807) is 26.0 Å². The molecule has 0 aromatic heterocycles. The Bertz CT molecular complexity index is 459. The van der Waals surface area contributed by atoms with E-state index in [4.69, 9.17) is 0 Å². The second-order valence-corrected chi connectivity index (χ2v) is 4.00. The van der Waals surface area contributed by atoms with E-state index >= 15 is 0 Å². The Morgan fingerprint density at radius 1 is 1.56 bits per heavy atom. The zero-order chi connectivity index (χ0) is 13.7. The van der Waals surface area contributed by atoms with Gasteiger partial charge in [-0.2, -0.15) is 0 Å². The molecule has 0 aliphatic heterocycles. The maximum atomic E-state index is 11.2. The van der Waals surface area contributed by atoms with Gasteiger partial charge < -0.3 is 10.1 Å². The molecule has 0 spiro atoms. The summed E-state index contributed by atoms with van der Waals surface area (Å²) in [5.41, 5.74) is 1.45. The first-order valence-corrected chi connectivity index (χ1v) is 5.51. The van der Waals surface area contributed by atoms with Gasteiger partial charge in [0.25, 0.3) is 5.69 Å². The van der Waals surface area contributed by atoms with E-state index in [-0.39, 0.29) is 11.7 Å². The summed E-state index contributed by atoms with van der Waals surface area (Å²) in [6.07, 6.45) is 0. The van der Waals surface area contributed by atoms with Gasteiger partial charge in [0.2, 0.25) is 0 Å². The number of esters is 1. The number of ether oxygens (including phenoxy) is 1. The number of benzene rings is 1. The Labute approximate surface area is 105 Å². The van der Waals surface area contributed by atoms with Crippen LogP contribution in [0, 0.1) is 17.0 Å². The average molecular weight is 252 g/mol. The van der Waals surface area contributed by atoms with E-state index in [9.17, 15) is 14.9 Å².